The second-order valence-corrected chi connectivity index (χ2v) is 4.32. The Kier molecular flexibility index (Phi) is 5.11. The van der Waals surface area contributed by atoms with Crippen molar-refractivity contribution < 1.29 is 4.92 Å². The minimum Gasteiger partial charge on any atom is -0.381 e. The lowest BCUT2D eigenvalue weighted by Gasteiger charge is -2.07. The maximum absolute atomic E-state index is 10.7. The van der Waals surface area contributed by atoms with E-state index in [1.165, 1.54) is 6.07 Å². The van der Waals surface area contributed by atoms with Crippen LogP contribution in [0.15, 0.2) is 28.8 Å². The van der Waals surface area contributed by atoms with Crippen LogP contribution in [0.5, 0.6) is 0 Å². The fourth-order valence-corrected chi connectivity index (χ4v) is 1.82. The lowest BCUT2D eigenvalue weighted by Crippen LogP contribution is -2.02. The van der Waals surface area contributed by atoms with Crippen molar-refractivity contribution in [2.75, 3.05) is 18.4 Å². The molecule has 3 N–H and O–H groups in total. The summed E-state index contributed by atoms with van der Waals surface area (Å²) < 4.78 is 0.677. The Morgan fingerprint density at radius 1 is 1.53 bits per heavy atom. The molecule has 6 heteroatoms. The maximum atomic E-state index is 10.7. The molecule has 0 heterocycles. The maximum Gasteiger partial charge on any atom is 0.273 e. The first kappa shape index (κ1) is 13.7. The van der Waals surface area contributed by atoms with Gasteiger partial charge in [-0.1, -0.05) is 12.2 Å². The number of nitrogens with two attached hydrogens (primary N) is 1. The van der Waals surface area contributed by atoms with Gasteiger partial charge in [0.1, 0.15) is 0 Å². The highest BCUT2D eigenvalue weighted by molar-refractivity contribution is 9.10. The molecule has 0 aliphatic heterocycles. The molecule has 17 heavy (non-hydrogen) atoms. The van der Waals surface area contributed by atoms with Gasteiger partial charge in [0.15, 0.2) is 0 Å². The van der Waals surface area contributed by atoms with Crippen LogP contribution >= 0.6 is 15.9 Å². The smallest absolute Gasteiger partial charge is 0.273 e. The fourth-order valence-electron chi connectivity index (χ4n) is 1.35. The van der Waals surface area contributed by atoms with E-state index in [2.05, 4.69) is 21.2 Å². The molecule has 0 unspecified atom stereocenters. The molecule has 1 aromatic carbocycles. The molecule has 0 fully saturated rings. The lowest BCUT2D eigenvalue weighted by atomic mass is 10.2. The molecule has 0 bridgehead atoms. The Morgan fingerprint density at radius 3 is 2.82 bits per heavy atom. The van der Waals surface area contributed by atoms with Gasteiger partial charge in [0.25, 0.3) is 5.69 Å². The summed E-state index contributed by atoms with van der Waals surface area (Å²) in [5, 5.41) is 13.9. The number of aryl methyl sites for hydroxylation is 1. The standard InChI is InChI=1S/C11H14BrN3O2/c1-8-6-10(14-5-3-2-4-13)9(12)7-11(8)15(16)17/h2-3,6-7,14H,4-5,13H2,1H3/b3-2+. The highest BCUT2D eigenvalue weighted by Gasteiger charge is 2.13. The van der Waals surface area contributed by atoms with E-state index in [1.807, 2.05) is 12.2 Å². The number of hydrogen-bond acceptors (Lipinski definition) is 4. The Bertz CT molecular complexity index is 447. The van der Waals surface area contributed by atoms with Crippen LogP contribution in [0.25, 0.3) is 0 Å². The van der Waals surface area contributed by atoms with Crippen LogP contribution in [0.3, 0.4) is 0 Å². The molecular weight excluding hydrogens is 286 g/mol. The minimum atomic E-state index is -0.391. The fraction of sp³-hybridized carbons (Fsp3) is 0.273. The number of nitrogens with zero attached hydrogens (tertiary/aromatic N) is 1. The molecule has 1 aromatic rings. The number of hydrogen-bond donors (Lipinski definition) is 2. The molecule has 0 spiro atoms. The van der Waals surface area contributed by atoms with Gasteiger partial charge in [-0.05, 0) is 28.9 Å². The van der Waals surface area contributed by atoms with E-state index in [9.17, 15) is 10.1 Å². The van der Waals surface area contributed by atoms with Crippen molar-refractivity contribution in [2.45, 2.75) is 6.92 Å². The highest BCUT2D eigenvalue weighted by atomic mass is 79.9. The summed E-state index contributed by atoms with van der Waals surface area (Å²) in [6, 6.07) is 3.25. The van der Waals surface area contributed by atoms with E-state index in [1.54, 1.807) is 13.0 Å². The minimum absolute atomic E-state index is 0.111. The average molecular weight is 300 g/mol. The van der Waals surface area contributed by atoms with Crippen molar-refractivity contribution in [3.05, 3.63) is 44.4 Å². The number of rotatable bonds is 5. The molecule has 1 rings (SSSR count). The number of anilines is 1. The van der Waals surface area contributed by atoms with Crippen LogP contribution in [0.2, 0.25) is 0 Å². The molecule has 0 aliphatic rings. The van der Waals surface area contributed by atoms with E-state index in [0.29, 0.717) is 23.1 Å². The predicted octanol–water partition coefficient (Wildman–Crippen LogP) is 2.59. The summed E-state index contributed by atoms with van der Waals surface area (Å²) in [4.78, 5) is 10.3. The Hall–Kier alpha value is -1.40. The van der Waals surface area contributed by atoms with Crippen molar-refractivity contribution in [3.8, 4) is 0 Å². The van der Waals surface area contributed by atoms with Gasteiger partial charge in [-0.25, -0.2) is 0 Å². The molecule has 0 radical (unpaired) electrons. The number of nitrogens with one attached hydrogen (secondary N) is 1. The van der Waals surface area contributed by atoms with Crippen LogP contribution in [0, 0.1) is 17.0 Å². The van der Waals surface area contributed by atoms with E-state index in [4.69, 9.17) is 5.73 Å². The largest absolute Gasteiger partial charge is 0.381 e. The first-order valence-electron chi connectivity index (χ1n) is 5.09. The lowest BCUT2D eigenvalue weighted by molar-refractivity contribution is -0.385. The molecule has 0 saturated heterocycles. The van der Waals surface area contributed by atoms with E-state index >= 15 is 0 Å². The monoisotopic (exact) mass is 299 g/mol. The first-order chi connectivity index (χ1) is 8.06. The summed E-state index contributed by atoms with van der Waals surface area (Å²) in [5.41, 5.74) is 6.88. The van der Waals surface area contributed by atoms with Crippen molar-refractivity contribution in [1.82, 2.24) is 0 Å². The zero-order chi connectivity index (χ0) is 12.8. The Balaban J connectivity index is 2.84. The van der Waals surface area contributed by atoms with Crippen molar-refractivity contribution >= 4 is 27.3 Å². The van der Waals surface area contributed by atoms with Gasteiger partial charge in [-0.2, -0.15) is 0 Å². The summed E-state index contributed by atoms with van der Waals surface area (Å²) in [6.45, 7) is 2.85. The number of nitro groups is 1. The van der Waals surface area contributed by atoms with Gasteiger partial charge < -0.3 is 11.1 Å². The van der Waals surface area contributed by atoms with Crippen molar-refractivity contribution in [2.24, 2.45) is 5.73 Å². The highest BCUT2D eigenvalue weighted by Crippen LogP contribution is 2.30. The summed E-state index contributed by atoms with van der Waals surface area (Å²) in [7, 11) is 0. The van der Waals surface area contributed by atoms with Crippen LogP contribution in [-0.2, 0) is 0 Å². The van der Waals surface area contributed by atoms with Gasteiger partial charge in [0, 0.05) is 34.9 Å². The number of benzene rings is 1. The van der Waals surface area contributed by atoms with E-state index in [-0.39, 0.29) is 5.69 Å². The van der Waals surface area contributed by atoms with Crippen LogP contribution in [0.1, 0.15) is 5.56 Å². The topological polar surface area (TPSA) is 81.2 Å². The van der Waals surface area contributed by atoms with Gasteiger partial charge in [0.05, 0.1) is 4.92 Å². The molecular formula is C11H14BrN3O2. The number of halogens is 1. The molecule has 0 aromatic heterocycles. The quantitative estimate of drug-likeness (QED) is 0.497. The van der Waals surface area contributed by atoms with Gasteiger partial charge in [-0.3, -0.25) is 10.1 Å². The third-order valence-corrected chi connectivity index (χ3v) is 2.85. The van der Waals surface area contributed by atoms with E-state index < -0.39 is 4.92 Å². The summed E-state index contributed by atoms with van der Waals surface area (Å²) in [6.07, 6.45) is 3.75. The molecule has 92 valence electrons. The van der Waals surface area contributed by atoms with Gasteiger partial charge in [-0.15, -0.1) is 0 Å². The second kappa shape index (κ2) is 6.36. The Labute approximate surface area is 108 Å². The third-order valence-electron chi connectivity index (χ3n) is 2.20. The van der Waals surface area contributed by atoms with Gasteiger partial charge >= 0.3 is 0 Å². The number of nitro benzene ring substituents is 1. The zero-order valence-corrected chi connectivity index (χ0v) is 11.0. The van der Waals surface area contributed by atoms with Crippen LogP contribution in [-0.4, -0.2) is 18.0 Å². The molecule has 0 aliphatic carbocycles. The summed E-state index contributed by atoms with van der Waals surface area (Å²) in [5.74, 6) is 0. The Morgan fingerprint density at radius 2 is 2.24 bits per heavy atom. The second-order valence-electron chi connectivity index (χ2n) is 3.46. The summed E-state index contributed by atoms with van der Waals surface area (Å²) >= 11 is 3.30. The van der Waals surface area contributed by atoms with Crippen molar-refractivity contribution in [1.29, 1.82) is 0 Å². The van der Waals surface area contributed by atoms with Crippen molar-refractivity contribution in [3.63, 3.8) is 0 Å². The van der Waals surface area contributed by atoms with E-state index in [0.717, 1.165) is 5.69 Å². The normalized spacial score (nSPS) is 10.8. The molecule has 0 amide bonds. The average Bonchev–Trinajstić information content (AvgIpc) is 2.28. The van der Waals surface area contributed by atoms with Crippen LogP contribution in [0.4, 0.5) is 11.4 Å². The molecule has 0 atom stereocenters. The third kappa shape index (κ3) is 3.83. The SMILES string of the molecule is Cc1cc(NC/C=C/CN)c(Br)cc1[N+](=O)[O-]. The van der Waals surface area contributed by atoms with Crippen LogP contribution < -0.4 is 11.1 Å². The molecule has 5 nitrogen and oxygen atoms in total. The van der Waals surface area contributed by atoms with Gasteiger partial charge in [0.2, 0.25) is 0 Å². The first-order valence-corrected chi connectivity index (χ1v) is 5.89. The molecule has 0 saturated carbocycles. The zero-order valence-electron chi connectivity index (χ0n) is 9.44. The predicted molar refractivity (Wildman–Crippen MR) is 72.2 cm³/mol.